The minimum Gasteiger partial charge on any atom is -0.307 e. The first-order valence-electron chi connectivity index (χ1n) is 3.16. The van der Waals surface area contributed by atoms with Gasteiger partial charge in [0.1, 0.15) is 0 Å². The number of Topliss-reactive ketones (excluding diaryl/α,β-unsaturated/α-hetero) is 1. The number of nitrogens with one attached hydrogen (secondary N) is 1. The summed E-state index contributed by atoms with van der Waals surface area (Å²) in [4.78, 5) is 10.9. The largest absolute Gasteiger partial charge is 0.307 e. The van der Waals surface area contributed by atoms with Crippen LogP contribution in [0, 0.1) is 0 Å². The highest BCUT2D eigenvalue weighted by Crippen LogP contribution is 2.06. The SMILES string of the molecule is O=C(CBr)C1CCCN1. The maximum atomic E-state index is 10.9. The van der Waals surface area contributed by atoms with Crippen LogP contribution in [-0.2, 0) is 4.79 Å². The molecule has 3 heteroatoms. The normalized spacial score (nSPS) is 26.6. The van der Waals surface area contributed by atoms with Gasteiger partial charge in [-0.1, -0.05) is 15.9 Å². The monoisotopic (exact) mass is 191 g/mol. The molecule has 1 aliphatic rings. The van der Waals surface area contributed by atoms with E-state index >= 15 is 0 Å². The van der Waals surface area contributed by atoms with Gasteiger partial charge in [-0.05, 0) is 19.4 Å². The van der Waals surface area contributed by atoms with Crippen molar-refractivity contribution in [3.05, 3.63) is 0 Å². The summed E-state index contributed by atoms with van der Waals surface area (Å²) in [6, 6.07) is 0.143. The summed E-state index contributed by atoms with van der Waals surface area (Å²) in [6.45, 7) is 1.00. The third kappa shape index (κ3) is 1.76. The van der Waals surface area contributed by atoms with E-state index in [1.807, 2.05) is 0 Å². The highest BCUT2D eigenvalue weighted by Gasteiger charge is 2.19. The Labute approximate surface area is 63.1 Å². The van der Waals surface area contributed by atoms with Gasteiger partial charge in [-0.2, -0.15) is 0 Å². The van der Waals surface area contributed by atoms with Crippen molar-refractivity contribution in [3.8, 4) is 0 Å². The third-order valence-electron chi connectivity index (χ3n) is 1.58. The molecule has 2 nitrogen and oxygen atoms in total. The molecule has 0 spiro atoms. The number of halogens is 1. The predicted octanol–water partition coefficient (Wildman–Crippen LogP) is 0.702. The minimum atomic E-state index is 0.143. The van der Waals surface area contributed by atoms with Crippen LogP contribution in [0.3, 0.4) is 0 Å². The van der Waals surface area contributed by atoms with Gasteiger partial charge in [0.2, 0.25) is 0 Å². The fourth-order valence-electron chi connectivity index (χ4n) is 1.05. The van der Waals surface area contributed by atoms with Crippen molar-refractivity contribution >= 4 is 21.7 Å². The van der Waals surface area contributed by atoms with E-state index in [1.165, 1.54) is 0 Å². The summed E-state index contributed by atoms with van der Waals surface area (Å²) >= 11 is 3.14. The lowest BCUT2D eigenvalue weighted by Crippen LogP contribution is -2.31. The van der Waals surface area contributed by atoms with Crippen LogP contribution < -0.4 is 5.32 Å². The Balaban J connectivity index is 2.32. The lowest BCUT2D eigenvalue weighted by Gasteiger charge is -2.03. The van der Waals surface area contributed by atoms with E-state index in [1.54, 1.807) is 0 Å². The summed E-state index contributed by atoms with van der Waals surface area (Å²) in [5.41, 5.74) is 0. The highest BCUT2D eigenvalue weighted by atomic mass is 79.9. The predicted molar refractivity (Wildman–Crippen MR) is 39.8 cm³/mol. The van der Waals surface area contributed by atoms with Crippen molar-refractivity contribution in [2.45, 2.75) is 18.9 Å². The summed E-state index contributed by atoms with van der Waals surface area (Å²) in [7, 11) is 0. The van der Waals surface area contributed by atoms with Gasteiger partial charge in [0.15, 0.2) is 5.78 Å². The molecule has 0 radical (unpaired) electrons. The van der Waals surface area contributed by atoms with Crippen molar-refractivity contribution in [3.63, 3.8) is 0 Å². The van der Waals surface area contributed by atoms with E-state index in [4.69, 9.17) is 0 Å². The molecule has 0 saturated carbocycles. The van der Waals surface area contributed by atoms with Gasteiger partial charge in [0, 0.05) is 0 Å². The van der Waals surface area contributed by atoms with Gasteiger partial charge in [0.05, 0.1) is 11.4 Å². The Kier molecular flexibility index (Phi) is 2.66. The number of carbonyl (C=O) groups is 1. The maximum Gasteiger partial charge on any atom is 0.160 e. The van der Waals surface area contributed by atoms with Crippen LogP contribution in [0.15, 0.2) is 0 Å². The molecular formula is C6H10BrNO. The van der Waals surface area contributed by atoms with E-state index in [2.05, 4.69) is 21.2 Å². The van der Waals surface area contributed by atoms with Gasteiger partial charge in [-0.3, -0.25) is 4.79 Å². The number of ketones is 1. The fourth-order valence-corrected chi connectivity index (χ4v) is 1.44. The van der Waals surface area contributed by atoms with Gasteiger partial charge in [0.25, 0.3) is 0 Å². The van der Waals surface area contributed by atoms with Crippen LogP contribution in [0.2, 0.25) is 0 Å². The number of carbonyl (C=O) groups excluding carboxylic acids is 1. The van der Waals surface area contributed by atoms with Gasteiger partial charge in [-0.25, -0.2) is 0 Å². The Morgan fingerprint density at radius 3 is 3.00 bits per heavy atom. The minimum absolute atomic E-state index is 0.143. The van der Waals surface area contributed by atoms with E-state index in [9.17, 15) is 4.79 Å². The van der Waals surface area contributed by atoms with Crippen LogP contribution in [0.4, 0.5) is 0 Å². The van der Waals surface area contributed by atoms with Crippen molar-refractivity contribution in [2.24, 2.45) is 0 Å². The first-order chi connectivity index (χ1) is 4.34. The van der Waals surface area contributed by atoms with Crippen molar-refractivity contribution in [2.75, 3.05) is 11.9 Å². The second kappa shape index (κ2) is 3.32. The van der Waals surface area contributed by atoms with Gasteiger partial charge in [-0.15, -0.1) is 0 Å². The number of hydrogen-bond donors (Lipinski definition) is 1. The Hall–Kier alpha value is 0.110. The molecule has 0 amide bonds. The molecule has 0 aromatic rings. The Morgan fingerprint density at radius 1 is 1.78 bits per heavy atom. The third-order valence-corrected chi connectivity index (χ3v) is 2.13. The molecule has 0 aromatic heterocycles. The maximum absolute atomic E-state index is 10.9. The van der Waals surface area contributed by atoms with Crippen molar-refractivity contribution in [1.82, 2.24) is 5.32 Å². The topological polar surface area (TPSA) is 29.1 Å². The molecular weight excluding hydrogens is 182 g/mol. The quantitative estimate of drug-likeness (QED) is 0.652. The molecule has 1 N–H and O–H groups in total. The molecule has 1 aliphatic heterocycles. The van der Waals surface area contributed by atoms with Crippen LogP contribution in [0.5, 0.6) is 0 Å². The second-order valence-corrected chi connectivity index (χ2v) is 2.81. The molecule has 0 bridgehead atoms. The molecule has 1 atom stereocenters. The summed E-state index contributed by atoms with van der Waals surface area (Å²) in [6.07, 6.45) is 2.16. The van der Waals surface area contributed by atoms with Crippen LogP contribution in [0.1, 0.15) is 12.8 Å². The molecule has 1 fully saturated rings. The summed E-state index contributed by atoms with van der Waals surface area (Å²) < 4.78 is 0. The van der Waals surface area contributed by atoms with Gasteiger partial charge >= 0.3 is 0 Å². The molecule has 1 heterocycles. The second-order valence-electron chi connectivity index (χ2n) is 2.25. The van der Waals surface area contributed by atoms with Crippen molar-refractivity contribution < 1.29 is 4.79 Å². The van der Waals surface area contributed by atoms with Crippen molar-refractivity contribution in [1.29, 1.82) is 0 Å². The molecule has 1 rings (SSSR count). The van der Waals surface area contributed by atoms with Crippen LogP contribution >= 0.6 is 15.9 Å². The smallest absolute Gasteiger partial charge is 0.160 e. The highest BCUT2D eigenvalue weighted by molar-refractivity contribution is 9.09. The standard InChI is InChI=1S/C6H10BrNO/c7-4-6(9)5-2-1-3-8-5/h5,8H,1-4H2. The number of rotatable bonds is 2. The Morgan fingerprint density at radius 2 is 2.56 bits per heavy atom. The summed E-state index contributed by atoms with van der Waals surface area (Å²) in [5, 5.41) is 3.62. The fraction of sp³-hybridized carbons (Fsp3) is 0.833. The van der Waals surface area contributed by atoms with Crippen LogP contribution in [0.25, 0.3) is 0 Å². The number of hydrogen-bond acceptors (Lipinski definition) is 2. The molecule has 1 unspecified atom stereocenters. The summed E-state index contributed by atoms with van der Waals surface area (Å²) in [5.74, 6) is 0.285. The molecule has 52 valence electrons. The lowest BCUT2D eigenvalue weighted by atomic mass is 10.2. The zero-order valence-electron chi connectivity index (χ0n) is 5.19. The number of alkyl halides is 1. The molecule has 0 aromatic carbocycles. The van der Waals surface area contributed by atoms with E-state index < -0.39 is 0 Å². The van der Waals surface area contributed by atoms with E-state index in [0.29, 0.717) is 5.33 Å². The Bertz CT molecular complexity index is 110. The zero-order chi connectivity index (χ0) is 6.69. The average molecular weight is 192 g/mol. The zero-order valence-corrected chi connectivity index (χ0v) is 6.78. The molecule has 9 heavy (non-hydrogen) atoms. The first kappa shape index (κ1) is 7.22. The lowest BCUT2D eigenvalue weighted by molar-refractivity contribution is -0.118. The average Bonchev–Trinajstić information content (AvgIpc) is 2.37. The van der Waals surface area contributed by atoms with Gasteiger partial charge < -0.3 is 5.32 Å². The van der Waals surface area contributed by atoms with E-state index in [-0.39, 0.29) is 11.8 Å². The van der Waals surface area contributed by atoms with E-state index in [0.717, 1.165) is 19.4 Å². The molecule has 0 aliphatic carbocycles. The molecule has 1 saturated heterocycles. The first-order valence-corrected chi connectivity index (χ1v) is 4.29. The van der Waals surface area contributed by atoms with Crippen LogP contribution in [-0.4, -0.2) is 23.7 Å².